The maximum atomic E-state index is 8.57. The molecule has 1 aliphatic carbocycles. The molecule has 3 heteroatoms. The molecule has 0 radical (unpaired) electrons. The van der Waals surface area contributed by atoms with E-state index in [1.165, 1.54) is 0 Å². The number of rotatable bonds is 0. The Morgan fingerprint density at radius 3 is 2.70 bits per heavy atom. The number of nitrogens with zero attached hydrogens (tertiary/aromatic N) is 1. The second kappa shape index (κ2) is 3.23. The largest absolute Gasteiger partial charge is 0.326 e. The van der Waals surface area contributed by atoms with Gasteiger partial charge in [-0.15, -0.1) is 11.6 Å². The summed E-state index contributed by atoms with van der Waals surface area (Å²) in [5.74, 6) is 0.0370. The Morgan fingerprint density at radius 2 is 2.20 bits per heavy atom. The van der Waals surface area contributed by atoms with Crippen molar-refractivity contribution in [2.75, 3.05) is 0 Å². The fourth-order valence-corrected chi connectivity index (χ4v) is 1.64. The zero-order chi connectivity index (χ0) is 7.56. The van der Waals surface area contributed by atoms with Crippen LogP contribution in [0.3, 0.4) is 0 Å². The first-order chi connectivity index (χ1) is 4.74. The lowest BCUT2D eigenvalue weighted by molar-refractivity contribution is 0.374. The lowest BCUT2D eigenvalue weighted by Crippen LogP contribution is -2.36. The highest BCUT2D eigenvalue weighted by Crippen LogP contribution is 2.25. The molecule has 0 heterocycles. The summed E-state index contributed by atoms with van der Waals surface area (Å²) in [6.07, 6.45) is 2.60. The van der Waals surface area contributed by atoms with E-state index in [0.717, 1.165) is 19.3 Å². The maximum Gasteiger partial charge on any atom is 0.0672 e. The second-order valence-electron chi connectivity index (χ2n) is 2.81. The van der Waals surface area contributed by atoms with Crippen LogP contribution in [0.15, 0.2) is 0 Å². The Kier molecular flexibility index (Phi) is 2.53. The van der Waals surface area contributed by atoms with Crippen molar-refractivity contribution in [1.29, 1.82) is 5.26 Å². The number of halogens is 1. The third-order valence-corrected chi connectivity index (χ3v) is 2.40. The van der Waals surface area contributed by atoms with E-state index in [-0.39, 0.29) is 17.3 Å². The van der Waals surface area contributed by atoms with Crippen molar-refractivity contribution in [2.45, 2.75) is 30.7 Å². The van der Waals surface area contributed by atoms with Crippen LogP contribution in [0.5, 0.6) is 0 Å². The van der Waals surface area contributed by atoms with Gasteiger partial charge in [-0.2, -0.15) is 5.26 Å². The van der Waals surface area contributed by atoms with Crippen LogP contribution >= 0.6 is 11.6 Å². The monoisotopic (exact) mass is 158 g/mol. The average Bonchev–Trinajstić information content (AvgIpc) is 1.88. The highest BCUT2D eigenvalue weighted by Gasteiger charge is 2.26. The van der Waals surface area contributed by atoms with Crippen LogP contribution in [-0.2, 0) is 0 Å². The first-order valence-corrected chi connectivity index (χ1v) is 3.97. The van der Waals surface area contributed by atoms with E-state index in [2.05, 4.69) is 6.07 Å². The molecule has 2 N–H and O–H groups in total. The van der Waals surface area contributed by atoms with E-state index in [1.54, 1.807) is 0 Å². The van der Waals surface area contributed by atoms with Crippen LogP contribution in [0.25, 0.3) is 0 Å². The molecule has 0 bridgehead atoms. The van der Waals surface area contributed by atoms with Crippen molar-refractivity contribution in [3.05, 3.63) is 0 Å². The van der Waals surface area contributed by atoms with Crippen LogP contribution in [0.1, 0.15) is 19.3 Å². The van der Waals surface area contributed by atoms with Crippen molar-refractivity contribution in [2.24, 2.45) is 11.7 Å². The molecule has 2 nitrogen and oxygen atoms in total. The Labute approximate surface area is 66.0 Å². The quantitative estimate of drug-likeness (QED) is 0.540. The van der Waals surface area contributed by atoms with Gasteiger partial charge in [-0.3, -0.25) is 0 Å². The second-order valence-corrected chi connectivity index (χ2v) is 3.43. The lowest BCUT2D eigenvalue weighted by Gasteiger charge is -2.26. The smallest absolute Gasteiger partial charge is 0.0672 e. The van der Waals surface area contributed by atoms with Crippen molar-refractivity contribution >= 4 is 11.6 Å². The van der Waals surface area contributed by atoms with E-state index in [4.69, 9.17) is 22.6 Å². The molecule has 1 rings (SSSR count). The van der Waals surface area contributed by atoms with Crippen LogP contribution in [0.2, 0.25) is 0 Å². The summed E-state index contributed by atoms with van der Waals surface area (Å²) in [5.41, 5.74) is 5.67. The Morgan fingerprint density at radius 1 is 1.50 bits per heavy atom. The third-order valence-electron chi connectivity index (χ3n) is 2.00. The van der Waals surface area contributed by atoms with Crippen molar-refractivity contribution in [3.8, 4) is 6.07 Å². The Balaban J connectivity index is 2.45. The number of nitriles is 1. The van der Waals surface area contributed by atoms with Crippen LogP contribution < -0.4 is 5.73 Å². The highest BCUT2D eigenvalue weighted by molar-refractivity contribution is 6.20. The molecule has 0 aliphatic heterocycles. The van der Waals surface area contributed by atoms with Crippen molar-refractivity contribution in [1.82, 2.24) is 0 Å². The summed E-state index contributed by atoms with van der Waals surface area (Å²) >= 11 is 5.84. The zero-order valence-corrected chi connectivity index (χ0v) is 6.51. The minimum absolute atomic E-state index is 0.00116. The van der Waals surface area contributed by atoms with Crippen LogP contribution in [0.4, 0.5) is 0 Å². The molecule has 0 saturated heterocycles. The van der Waals surface area contributed by atoms with Gasteiger partial charge in [-0.25, -0.2) is 0 Å². The minimum atomic E-state index is 0.00116. The molecular formula is C7H11ClN2. The van der Waals surface area contributed by atoms with Gasteiger partial charge in [0.15, 0.2) is 0 Å². The van der Waals surface area contributed by atoms with Gasteiger partial charge in [0.05, 0.1) is 12.0 Å². The standard InChI is InChI=1S/C7H11ClN2/c8-6-2-1-5(4-9)7(10)3-6/h5-7H,1-3,10H2. The van der Waals surface area contributed by atoms with E-state index < -0.39 is 0 Å². The first kappa shape index (κ1) is 7.84. The van der Waals surface area contributed by atoms with E-state index in [1.807, 2.05) is 0 Å². The van der Waals surface area contributed by atoms with Crippen LogP contribution in [0, 0.1) is 17.2 Å². The summed E-state index contributed by atoms with van der Waals surface area (Å²) in [6, 6.07) is 2.19. The Bertz CT molecular complexity index is 152. The number of hydrogen-bond donors (Lipinski definition) is 1. The van der Waals surface area contributed by atoms with Crippen molar-refractivity contribution < 1.29 is 0 Å². The van der Waals surface area contributed by atoms with Gasteiger partial charge in [0, 0.05) is 11.4 Å². The first-order valence-electron chi connectivity index (χ1n) is 3.53. The zero-order valence-electron chi connectivity index (χ0n) is 5.76. The number of hydrogen-bond acceptors (Lipinski definition) is 2. The van der Waals surface area contributed by atoms with E-state index in [0.29, 0.717) is 0 Å². The molecule has 0 spiro atoms. The fraction of sp³-hybridized carbons (Fsp3) is 0.857. The molecule has 3 atom stereocenters. The molecule has 1 saturated carbocycles. The van der Waals surface area contributed by atoms with Gasteiger partial charge in [0.1, 0.15) is 0 Å². The fourth-order valence-electron chi connectivity index (χ4n) is 1.31. The van der Waals surface area contributed by atoms with Gasteiger partial charge in [0.25, 0.3) is 0 Å². The lowest BCUT2D eigenvalue weighted by atomic mass is 9.86. The normalized spacial score (nSPS) is 40.7. The molecule has 0 aromatic carbocycles. The summed E-state index contributed by atoms with van der Waals surface area (Å²) in [7, 11) is 0. The summed E-state index contributed by atoms with van der Waals surface area (Å²) in [4.78, 5) is 0. The van der Waals surface area contributed by atoms with Gasteiger partial charge in [0.2, 0.25) is 0 Å². The van der Waals surface area contributed by atoms with Gasteiger partial charge < -0.3 is 5.73 Å². The number of alkyl halides is 1. The molecular weight excluding hydrogens is 148 g/mol. The summed E-state index contributed by atoms with van der Waals surface area (Å²) in [6.45, 7) is 0. The molecule has 0 amide bonds. The molecule has 1 fully saturated rings. The van der Waals surface area contributed by atoms with Gasteiger partial charge >= 0.3 is 0 Å². The average molecular weight is 159 g/mol. The van der Waals surface area contributed by atoms with Gasteiger partial charge in [-0.1, -0.05) is 0 Å². The molecule has 0 aromatic rings. The van der Waals surface area contributed by atoms with E-state index >= 15 is 0 Å². The molecule has 0 aromatic heterocycles. The molecule has 3 unspecified atom stereocenters. The summed E-state index contributed by atoms with van der Waals surface area (Å²) < 4.78 is 0. The molecule has 10 heavy (non-hydrogen) atoms. The van der Waals surface area contributed by atoms with Crippen molar-refractivity contribution in [3.63, 3.8) is 0 Å². The maximum absolute atomic E-state index is 8.57. The van der Waals surface area contributed by atoms with Gasteiger partial charge in [-0.05, 0) is 19.3 Å². The SMILES string of the molecule is N#CC1CCC(Cl)CC1N. The van der Waals surface area contributed by atoms with E-state index in [9.17, 15) is 0 Å². The number of nitrogens with two attached hydrogens (primary N) is 1. The predicted octanol–water partition coefficient (Wildman–Crippen LogP) is 1.24. The Hall–Kier alpha value is -0.260. The predicted molar refractivity (Wildman–Crippen MR) is 40.6 cm³/mol. The molecule has 1 aliphatic rings. The van der Waals surface area contributed by atoms with Crippen LogP contribution in [-0.4, -0.2) is 11.4 Å². The summed E-state index contributed by atoms with van der Waals surface area (Å²) in [5, 5.41) is 8.77. The topological polar surface area (TPSA) is 49.8 Å². The highest BCUT2D eigenvalue weighted by atomic mass is 35.5. The molecule has 56 valence electrons. The minimum Gasteiger partial charge on any atom is -0.326 e. The third kappa shape index (κ3) is 1.62.